The Morgan fingerprint density at radius 1 is 1.47 bits per heavy atom. The quantitative estimate of drug-likeness (QED) is 0.631. The van der Waals surface area contributed by atoms with Gasteiger partial charge in [-0.15, -0.1) is 0 Å². The van der Waals surface area contributed by atoms with Crippen LogP contribution in [-0.4, -0.2) is 43.0 Å². The minimum atomic E-state index is 0.0606. The van der Waals surface area contributed by atoms with E-state index in [0.717, 1.165) is 32.6 Å². The number of carbonyl (C=O) groups excluding carboxylic acids is 1. The molecule has 3 N–H and O–H groups in total. The molecule has 2 heterocycles. The maximum Gasteiger partial charge on any atom is 0.228 e. The van der Waals surface area contributed by atoms with Crippen LogP contribution in [-0.2, 0) is 4.79 Å². The number of nitrogens with two attached hydrogens (primary N) is 1. The molecular formula is C11H21N3O. The van der Waals surface area contributed by atoms with Gasteiger partial charge >= 0.3 is 0 Å². The van der Waals surface area contributed by atoms with Crippen LogP contribution in [0.25, 0.3) is 0 Å². The lowest BCUT2D eigenvalue weighted by molar-refractivity contribution is -0.140. The molecular weight excluding hydrogens is 190 g/mol. The normalized spacial score (nSPS) is 31.1. The lowest BCUT2D eigenvalue weighted by Gasteiger charge is -2.44. The summed E-state index contributed by atoms with van der Waals surface area (Å²) in [6.07, 6.45) is 0.929. The molecule has 2 saturated heterocycles. The summed E-state index contributed by atoms with van der Waals surface area (Å²) < 4.78 is 0. The van der Waals surface area contributed by atoms with Crippen molar-refractivity contribution in [2.75, 3.05) is 26.2 Å². The number of piperidine rings is 1. The van der Waals surface area contributed by atoms with Crippen LogP contribution in [0.3, 0.4) is 0 Å². The number of hydrogen-bond acceptors (Lipinski definition) is 3. The molecule has 0 aromatic heterocycles. The second-order valence-electron chi connectivity index (χ2n) is 5.50. The predicted octanol–water partition coefficient (Wildman–Crippen LogP) is -0.208. The minimum absolute atomic E-state index is 0.0606. The van der Waals surface area contributed by atoms with Crippen LogP contribution in [0.2, 0.25) is 0 Å². The van der Waals surface area contributed by atoms with Gasteiger partial charge in [-0.05, 0) is 11.8 Å². The van der Waals surface area contributed by atoms with Gasteiger partial charge in [0.25, 0.3) is 0 Å². The molecule has 1 amide bonds. The fourth-order valence-electron chi connectivity index (χ4n) is 2.28. The largest absolute Gasteiger partial charge is 0.342 e. The summed E-state index contributed by atoms with van der Waals surface area (Å²) in [5.41, 5.74) is 6.11. The fourth-order valence-corrected chi connectivity index (χ4v) is 2.28. The topological polar surface area (TPSA) is 58.4 Å². The molecule has 0 radical (unpaired) electrons. The van der Waals surface area contributed by atoms with E-state index < -0.39 is 0 Å². The standard InChI is InChI=1S/C11H21N3O/c1-11(2)7-14(4-3-9(11)12)10(15)8-5-13-6-8/h8-9,13H,3-7,12H2,1-2H3. The number of likely N-dealkylation sites (tertiary alicyclic amines) is 1. The molecule has 86 valence electrons. The van der Waals surface area contributed by atoms with E-state index in [9.17, 15) is 4.79 Å². The van der Waals surface area contributed by atoms with Crippen molar-refractivity contribution in [1.82, 2.24) is 10.2 Å². The summed E-state index contributed by atoms with van der Waals surface area (Å²) in [4.78, 5) is 14.0. The van der Waals surface area contributed by atoms with Gasteiger partial charge in [0.15, 0.2) is 0 Å². The highest BCUT2D eigenvalue weighted by Gasteiger charge is 2.38. The van der Waals surface area contributed by atoms with Crippen molar-refractivity contribution in [3.63, 3.8) is 0 Å². The van der Waals surface area contributed by atoms with Crippen LogP contribution in [0, 0.1) is 11.3 Å². The van der Waals surface area contributed by atoms with Crippen molar-refractivity contribution in [1.29, 1.82) is 0 Å². The van der Waals surface area contributed by atoms with Crippen LogP contribution < -0.4 is 11.1 Å². The molecule has 0 spiro atoms. The van der Waals surface area contributed by atoms with Gasteiger partial charge in [-0.1, -0.05) is 13.8 Å². The molecule has 4 heteroatoms. The zero-order chi connectivity index (χ0) is 11.1. The fraction of sp³-hybridized carbons (Fsp3) is 0.909. The Balaban J connectivity index is 1.96. The van der Waals surface area contributed by atoms with Crippen molar-refractivity contribution in [2.24, 2.45) is 17.1 Å². The average Bonchev–Trinajstić information content (AvgIpc) is 2.06. The Labute approximate surface area is 91.2 Å². The Morgan fingerprint density at radius 2 is 2.13 bits per heavy atom. The van der Waals surface area contributed by atoms with Gasteiger partial charge in [0.1, 0.15) is 0 Å². The Bertz CT molecular complexity index is 261. The third-order valence-electron chi connectivity index (χ3n) is 3.75. The van der Waals surface area contributed by atoms with Gasteiger partial charge in [-0.25, -0.2) is 0 Å². The van der Waals surface area contributed by atoms with Crippen LogP contribution >= 0.6 is 0 Å². The van der Waals surface area contributed by atoms with Crippen LogP contribution in [0.4, 0.5) is 0 Å². The molecule has 15 heavy (non-hydrogen) atoms. The van der Waals surface area contributed by atoms with E-state index in [0.29, 0.717) is 5.91 Å². The van der Waals surface area contributed by atoms with Crippen LogP contribution in [0.5, 0.6) is 0 Å². The van der Waals surface area contributed by atoms with E-state index in [-0.39, 0.29) is 17.4 Å². The Hall–Kier alpha value is -0.610. The number of rotatable bonds is 1. The molecule has 0 bridgehead atoms. The molecule has 1 unspecified atom stereocenters. The monoisotopic (exact) mass is 211 g/mol. The third-order valence-corrected chi connectivity index (χ3v) is 3.75. The third kappa shape index (κ3) is 2.01. The summed E-state index contributed by atoms with van der Waals surface area (Å²) in [5.74, 6) is 0.531. The number of nitrogens with zero attached hydrogens (tertiary/aromatic N) is 1. The van der Waals surface area contributed by atoms with E-state index in [1.165, 1.54) is 0 Å². The first-order valence-electron chi connectivity index (χ1n) is 5.76. The summed E-state index contributed by atoms with van der Waals surface area (Å²) in [5, 5.41) is 3.14. The summed E-state index contributed by atoms with van der Waals surface area (Å²) in [6, 6.07) is 0.223. The first-order chi connectivity index (χ1) is 7.00. The summed E-state index contributed by atoms with van der Waals surface area (Å²) >= 11 is 0. The predicted molar refractivity (Wildman–Crippen MR) is 59.3 cm³/mol. The minimum Gasteiger partial charge on any atom is -0.342 e. The van der Waals surface area contributed by atoms with Gasteiger partial charge in [0, 0.05) is 32.2 Å². The van der Waals surface area contributed by atoms with Crippen molar-refractivity contribution in [2.45, 2.75) is 26.3 Å². The van der Waals surface area contributed by atoms with Gasteiger partial charge in [0.05, 0.1) is 5.92 Å². The lowest BCUT2D eigenvalue weighted by atomic mass is 9.79. The number of carbonyl (C=O) groups is 1. The Kier molecular flexibility index (Phi) is 2.73. The zero-order valence-electron chi connectivity index (χ0n) is 9.62. The number of nitrogens with one attached hydrogen (secondary N) is 1. The van der Waals surface area contributed by atoms with E-state index in [2.05, 4.69) is 19.2 Å². The van der Waals surface area contributed by atoms with Gasteiger partial charge < -0.3 is 16.0 Å². The SMILES string of the molecule is CC1(C)CN(C(=O)C2CNC2)CCC1N. The molecule has 0 saturated carbocycles. The van der Waals surface area contributed by atoms with Crippen LogP contribution in [0.1, 0.15) is 20.3 Å². The van der Waals surface area contributed by atoms with Crippen molar-refractivity contribution < 1.29 is 4.79 Å². The zero-order valence-corrected chi connectivity index (χ0v) is 9.62. The maximum absolute atomic E-state index is 12.0. The molecule has 0 aliphatic carbocycles. The van der Waals surface area contributed by atoms with Crippen molar-refractivity contribution in [3.05, 3.63) is 0 Å². The summed E-state index contributed by atoms with van der Waals surface area (Å²) in [7, 11) is 0. The van der Waals surface area contributed by atoms with Crippen molar-refractivity contribution >= 4 is 5.91 Å². The highest BCUT2D eigenvalue weighted by Crippen LogP contribution is 2.28. The molecule has 2 aliphatic rings. The van der Waals surface area contributed by atoms with E-state index in [1.807, 2.05) is 4.90 Å². The van der Waals surface area contributed by atoms with Gasteiger partial charge in [-0.2, -0.15) is 0 Å². The molecule has 2 fully saturated rings. The van der Waals surface area contributed by atoms with E-state index in [4.69, 9.17) is 5.73 Å². The average molecular weight is 211 g/mol. The smallest absolute Gasteiger partial charge is 0.228 e. The van der Waals surface area contributed by atoms with E-state index >= 15 is 0 Å². The van der Waals surface area contributed by atoms with Gasteiger partial charge in [-0.3, -0.25) is 4.79 Å². The molecule has 4 nitrogen and oxygen atoms in total. The first-order valence-corrected chi connectivity index (χ1v) is 5.76. The molecule has 2 aliphatic heterocycles. The van der Waals surface area contributed by atoms with Crippen LogP contribution in [0.15, 0.2) is 0 Å². The highest BCUT2D eigenvalue weighted by molar-refractivity contribution is 5.80. The van der Waals surface area contributed by atoms with Crippen molar-refractivity contribution in [3.8, 4) is 0 Å². The molecule has 0 aromatic rings. The highest BCUT2D eigenvalue weighted by atomic mass is 16.2. The number of amides is 1. The van der Waals surface area contributed by atoms with Gasteiger partial charge in [0.2, 0.25) is 5.91 Å². The van der Waals surface area contributed by atoms with E-state index in [1.54, 1.807) is 0 Å². The number of hydrogen-bond donors (Lipinski definition) is 2. The second kappa shape index (κ2) is 3.76. The first kappa shape index (κ1) is 10.9. The second-order valence-corrected chi connectivity index (χ2v) is 5.50. The summed E-state index contributed by atoms with van der Waals surface area (Å²) in [6.45, 7) is 7.64. The molecule has 1 atom stereocenters. The lowest BCUT2D eigenvalue weighted by Crippen LogP contribution is -2.58. The maximum atomic E-state index is 12.0. The molecule has 0 aromatic carbocycles. The molecule has 2 rings (SSSR count). The Morgan fingerprint density at radius 3 is 2.60 bits per heavy atom.